The zero-order chi connectivity index (χ0) is 11.8. The molecule has 0 radical (unpaired) electrons. The summed E-state index contributed by atoms with van der Waals surface area (Å²) in [6.45, 7) is 1.73. The summed E-state index contributed by atoms with van der Waals surface area (Å²) in [6.07, 6.45) is 1.76. The van der Waals surface area contributed by atoms with E-state index in [2.05, 4.69) is 21.2 Å². The van der Waals surface area contributed by atoms with E-state index in [1.54, 1.807) is 13.1 Å². The molecule has 0 spiro atoms. The maximum Gasteiger partial charge on any atom is 0.102 e. The number of aromatic amines is 1. The largest absolute Gasteiger partial charge is 0.411 e. The molecule has 2 N–H and O–H groups in total. The average molecular weight is 225 g/mol. The number of nitrogens with zero attached hydrogens (tertiary/aromatic N) is 2. The van der Waals surface area contributed by atoms with E-state index in [0.29, 0.717) is 11.4 Å². The highest BCUT2D eigenvalue weighted by Gasteiger charge is 2.06. The van der Waals surface area contributed by atoms with Crippen LogP contribution in [-0.4, -0.2) is 20.9 Å². The third kappa shape index (κ3) is 1.45. The SMILES string of the molecule is CC(=NO)c1cc2c(cn1)[nH]c1ccccc12. The molecular weight excluding hydrogens is 214 g/mol. The number of nitrogens with one attached hydrogen (secondary N) is 1. The molecule has 0 atom stereocenters. The number of H-pyrrole nitrogens is 1. The Morgan fingerprint density at radius 3 is 2.88 bits per heavy atom. The van der Waals surface area contributed by atoms with Crippen LogP contribution in [0.5, 0.6) is 0 Å². The second-order valence-electron chi connectivity index (χ2n) is 3.97. The molecule has 0 amide bonds. The van der Waals surface area contributed by atoms with Crippen molar-refractivity contribution in [2.24, 2.45) is 5.16 Å². The molecule has 0 bridgehead atoms. The van der Waals surface area contributed by atoms with Gasteiger partial charge in [-0.15, -0.1) is 0 Å². The highest BCUT2D eigenvalue weighted by Crippen LogP contribution is 2.25. The van der Waals surface area contributed by atoms with Crippen LogP contribution in [0.15, 0.2) is 41.7 Å². The van der Waals surface area contributed by atoms with Crippen molar-refractivity contribution in [1.82, 2.24) is 9.97 Å². The number of benzene rings is 1. The van der Waals surface area contributed by atoms with Crippen LogP contribution in [0.25, 0.3) is 21.8 Å². The number of hydrogen-bond donors (Lipinski definition) is 2. The minimum Gasteiger partial charge on any atom is -0.411 e. The van der Waals surface area contributed by atoms with Crippen LogP contribution in [0.1, 0.15) is 12.6 Å². The highest BCUT2D eigenvalue weighted by atomic mass is 16.4. The van der Waals surface area contributed by atoms with Crippen molar-refractivity contribution in [3.05, 3.63) is 42.2 Å². The minimum atomic E-state index is 0.511. The third-order valence-corrected chi connectivity index (χ3v) is 2.91. The van der Waals surface area contributed by atoms with Gasteiger partial charge in [-0.3, -0.25) is 4.98 Å². The summed E-state index contributed by atoms with van der Waals surface area (Å²) in [5.41, 5.74) is 3.27. The molecule has 2 aromatic heterocycles. The van der Waals surface area contributed by atoms with Crippen molar-refractivity contribution in [1.29, 1.82) is 0 Å². The Morgan fingerprint density at radius 1 is 1.24 bits per heavy atom. The van der Waals surface area contributed by atoms with Crippen molar-refractivity contribution in [3.8, 4) is 0 Å². The fourth-order valence-electron chi connectivity index (χ4n) is 2.00. The lowest BCUT2D eigenvalue weighted by molar-refractivity contribution is 0.319. The van der Waals surface area contributed by atoms with Gasteiger partial charge in [-0.05, 0) is 19.1 Å². The first kappa shape index (κ1) is 9.84. The van der Waals surface area contributed by atoms with Gasteiger partial charge < -0.3 is 10.2 Å². The van der Waals surface area contributed by atoms with E-state index in [0.717, 1.165) is 21.8 Å². The first-order chi connectivity index (χ1) is 8.29. The first-order valence-electron chi connectivity index (χ1n) is 5.35. The fraction of sp³-hybridized carbons (Fsp3) is 0.0769. The third-order valence-electron chi connectivity index (χ3n) is 2.91. The quantitative estimate of drug-likeness (QED) is 0.380. The molecular formula is C13H11N3O. The van der Waals surface area contributed by atoms with Crippen LogP contribution in [0, 0.1) is 0 Å². The van der Waals surface area contributed by atoms with Crippen LogP contribution in [0.4, 0.5) is 0 Å². The van der Waals surface area contributed by atoms with E-state index in [-0.39, 0.29) is 0 Å². The molecule has 3 rings (SSSR count). The van der Waals surface area contributed by atoms with Gasteiger partial charge in [0.15, 0.2) is 0 Å². The molecule has 17 heavy (non-hydrogen) atoms. The van der Waals surface area contributed by atoms with E-state index >= 15 is 0 Å². The summed E-state index contributed by atoms with van der Waals surface area (Å²) >= 11 is 0. The van der Waals surface area contributed by atoms with Crippen LogP contribution in [0.3, 0.4) is 0 Å². The number of aromatic nitrogens is 2. The van der Waals surface area contributed by atoms with Crippen molar-refractivity contribution >= 4 is 27.5 Å². The lowest BCUT2D eigenvalue weighted by Crippen LogP contribution is -1.97. The molecule has 0 aliphatic rings. The van der Waals surface area contributed by atoms with E-state index in [9.17, 15) is 0 Å². The number of para-hydroxylation sites is 1. The molecule has 0 fully saturated rings. The van der Waals surface area contributed by atoms with E-state index in [1.807, 2.05) is 24.3 Å². The van der Waals surface area contributed by atoms with Crippen molar-refractivity contribution in [2.75, 3.05) is 0 Å². The van der Waals surface area contributed by atoms with Gasteiger partial charge in [-0.2, -0.15) is 0 Å². The number of rotatable bonds is 1. The van der Waals surface area contributed by atoms with Crippen LogP contribution < -0.4 is 0 Å². The molecule has 0 saturated heterocycles. The molecule has 1 aromatic carbocycles. The second kappa shape index (κ2) is 3.59. The van der Waals surface area contributed by atoms with Crippen LogP contribution in [0.2, 0.25) is 0 Å². The van der Waals surface area contributed by atoms with Gasteiger partial charge in [0.1, 0.15) is 5.71 Å². The molecule has 84 valence electrons. The number of pyridine rings is 1. The molecule has 4 nitrogen and oxygen atoms in total. The first-order valence-corrected chi connectivity index (χ1v) is 5.35. The zero-order valence-corrected chi connectivity index (χ0v) is 9.31. The van der Waals surface area contributed by atoms with Gasteiger partial charge in [-0.1, -0.05) is 23.4 Å². The Hall–Kier alpha value is -2.36. The van der Waals surface area contributed by atoms with Crippen molar-refractivity contribution in [3.63, 3.8) is 0 Å². The summed E-state index contributed by atoms with van der Waals surface area (Å²) in [7, 11) is 0. The Bertz CT molecular complexity index is 728. The topological polar surface area (TPSA) is 61.3 Å². The highest BCUT2D eigenvalue weighted by molar-refractivity contribution is 6.09. The smallest absolute Gasteiger partial charge is 0.102 e. The van der Waals surface area contributed by atoms with Gasteiger partial charge >= 0.3 is 0 Å². The Balaban J connectivity index is 2.37. The summed E-state index contributed by atoms with van der Waals surface area (Å²) < 4.78 is 0. The maximum absolute atomic E-state index is 8.76. The molecule has 0 saturated carbocycles. The predicted octanol–water partition coefficient (Wildman–Crippen LogP) is 2.91. The van der Waals surface area contributed by atoms with Crippen LogP contribution in [-0.2, 0) is 0 Å². The molecule has 0 aliphatic heterocycles. The second-order valence-corrected chi connectivity index (χ2v) is 3.97. The van der Waals surface area contributed by atoms with E-state index in [1.165, 1.54) is 0 Å². The minimum absolute atomic E-state index is 0.511. The predicted molar refractivity (Wildman–Crippen MR) is 67.6 cm³/mol. The molecule has 2 heterocycles. The van der Waals surface area contributed by atoms with E-state index in [4.69, 9.17) is 5.21 Å². The number of oxime groups is 1. The molecule has 3 aromatic rings. The standard InChI is InChI=1S/C13H11N3O/c1-8(16-17)12-6-10-9-4-2-3-5-11(9)15-13(10)7-14-12/h2-7,15,17H,1H3. The lowest BCUT2D eigenvalue weighted by Gasteiger charge is -1.97. The van der Waals surface area contributed by atoms with Gasteiger partial charge in [0.25, 0.3) is 0 Å². The van der Waals surface area contributed by atoms with Crippen molar-refractivity contribution < 1.29 is 5.21 Å². The normalized spacial score (nSPS) is 12.4. The molecule has 0 aliphatic carbocycles. The van der Waals surface area contributed by atoms with Gasteiger partial charge in [0.2, 0.25) is 0 Å². The summed E-state index contributed by atoms with van der Waals surface area (Å²) in [6, 6.07) is 10.0. The Labute approximate surface area is 97.6 Å². The van der Waals surface area contributed by atoms with Gasteiger partial charge in [0, 0.05) is 16.3 Å². The zero-order valence-electron chi connectivity index (χ0n) is 9.31. The molecule has 0 unspecified atom stereocenters. The van der Waals surface area contributed by atoms with E-state index < -0.39 is 0 Å². The van der Waals surface area contributed by atoms with Gasteiger partial charge in [0.05, 0.1) is 17.4 Å². The average Bonchev–Trinajstić information content (AvgIpc) is 2.75. The number of fused-ring (bicyclic) bond motifs is 3. The number of hydrogen-bond acceptors (Lipinski definition) is 3. The Morgan fingerprint density at radius 2 is 2.06 bits per heavy atom. The fourth-order valence-corrected chi connectivity index (χ4v) is 2.00. The Kier molecular flexibility index (Phi) is 2.08. The lowest BCUT2D eigenvalue weighted by atomic mass is 10.1. The monoisotopic (exact) mass is 225 g/mol. The molecule has 4 heteroatoms. The maximum atomic E-state index is 8.76. The summed E-state index contributed by atoms with van der Waals surface area (Å²) in [5.74, 6) is 0. The van der Waals surface area contributed by atoms with Gasteiger partial charge in [-0.25, -0.2) is 0 Å². The van der Waals surface area contributed by atoms with Crippen molar-refractivity contribution in [2.45, 2.75) is 6.92 Å². The van der Waals surface area contributed by atoms with Crippen LogP contribution >= 0.6 is 0 Å². The summed E-state index contributed by atoms with van der Waals surface area (Å²) in [4.78, 5) is 7.55. The summed E-state index contributed by atoms with van der Waals surface area (Å²) in [5, 5.41) is 14.2.